The first-order chi connectivity index (χ1) is 8.52. The van der Waals surface area contributed by atoms with Gasteiger partial charge in [-0.15, -0.1) is 0 Å². The second kappa shape index (κ2) is 4.86. The third kappa shape index (κ3) is 2.56. The third-order valence-corrected chi connectivity index (χ3v) is 3.37. The normalized spacial score (nSPS) is 17.6. The maximum atomic E-state index is 11.8. The Kier molecular flexibility index (Phi) is 3.43. The summed E-state index contributed by atoms with van der Waals surface area (Å²) < 4.78 is 0. The number of benzene rings is 1. The minimum atomic E-state index is -0.831. The van der Waals surface area contributed by atoms with Gasteiger partial charge in [-0.1, -0.05) is 18.9 Å². The van der Waals surface area contributed by atoms with Gasteiger partial charge >= 0.3 is 0 Å². The standard InChI is InChI=1S/C13H17NO4/c15-10-5-3-4-9(11(10)16)12(17)14-8-13(18)6-1-2-7-13/h3-5,15-16,18H,1-2,6-8H2,(H,14,17). The molecule has 0 bridgehead atoms. The summed E-state index contributed by atoms with van der Waals surface area (Å²) in [6, 6.07) is 4.20. The summed E-state index contributed by atoms with van der Waals surface area (Å²) in [4.78, 5) is 11.8. The topological polar surface area (TPSA) is 89.8 Å². The number of aromatic hydroxyl groups is 2. The van der Waals surface area contributed by atoms with Crippen LogP contribution in [0.5, 0.6) is 11.5 Å². The van der Waals surface area contributed by atoms with Crippen molar-refractivity contribution in [2.75, 3.05) is 6.54 Å². The first kappa shape index (κ1) is 12.7. The second-order valence-electron chi connectivity index (χ2n) is 4.79. The number of carbonyl (C=O) groups is 1. The lowest BCUT2D eigenvalue weighted by Gasteiger charge is -2.22. The highest BCUT2D eigenvalue weighted by atomic mass is 16.3. The fraction of sp³-hybridized carbons (Fsp3) is 0.462. The predicted octanol–water partition coefficient (Wildman–Crippen LogP) is 1.13. The molecule has 0 unspecified atom stereocenters. The lowest BCUT2D eigenvalue weighted by molar-refractivity contribution is 0.0449. The number of hydrogen-bond donors (Lipinski definition) is 4. The number of hydrogen-bond acceptors (Lipinski definition) is 4. The van der Waals surface area contributed by atoms with Crippen LogP contribution in [-0.4, -0.2) is 33.4 Å². The van der Waals surface area contributed by atoms with Crippen molar-refractivity contribution in [3.8, 4) is 11.5 Å². The lowest BCUT2D eigenvalue weighted by Crippen LogP contribution is -2.40. The van der Waals surface area contributed by atoms with Crippen LogP contribution in [0.25, 0.3) is 0 Å². The Morgan fingerprint density at radius 3 is 2.61 bits per heavy atom. The molecule has 0 aliphatic heterocycles. The van der Waals surface area contributed by atoms with Crippen LogP contribution < -0.4 is 5.32 Å². The summed E-state index contributed by atoms with van der Waals surface area (Å²) in [5, 5.41) is 31.5. The van der Waals surface area contributed by atoms with Crippen molar-refractivity contribution >= 4 is 5.91 Å². The molecular weight excluding hydrogens is 234 g/mol. The SMILES string of the molecule is O=C(NCC1(O)CCCC1)c1cccc(O)c1O. The molecule has 1 aromatic carbocycles. The van der Waals surface area contributed by atoms with Crippen molar-refractivity contribution in [2.45, 2.75) is 31.3 Å². The fourth-order valence-corrected chi connectivity index (χ4v) is 2.26. The van der Waals surface area contributed by atoms with Crippen molar-refractivity contribution in [3.63, 3.8) is 0 Å². The maximum absolute atomic E-state index is 11.8. The van der Waals surface area contributed by atoms with Crippen LogP contribution in [0.2, 0.25) is 0 Å². The quantitative estimate of drug-likeness (QED) is 0.606. The van der Waals surface area contributed by atoms with E-state index in [4.69, 9.17) is 0 Å². The van der Waals surface area contributed by atoms with Gasteiger partial charge in [-0.3, -0.25) is 4.79 Å². The van der Waals surface area contributed by atoms with Crippen LogP contribution in [0.15, 0.2) is 18.2 Å². The summed E-state index contributed by atoms with van der Waals surface area (Å²) in [6.07, 6.45) is 3.28. The molecule has 1 saturated carbocycles. The highest BCUT2D eigenvalue weighted by molar-refractivity contribution is 5.97. The number of nitrogens with one attached hydrogen (secondary N) is 1. The van der Waals surface area contributed by atoms with E-state index in [0.29, 0.717) is 12.8 Å². The zero-order chi connectivity index (χ0) is 13.2. The van der Waals surface area contributed by atoms with E-state index in [1.165, 1.54) is 18.2 Å². The maximum Gasteiger partial charge on any atom is 0.255 e. The molecule has 98 valence electrons. The van der Waals surface area contributed by atoms with E-state index in [-0.39, 0.29) is 17.9 Å². The Hall–Kier alpha value is -1.75. The van der Waals surface area contributed by atoms with E-state index < -0.39 is 17.3 Å². The molecule has 5 nitrogen and oxygen atoms in total. The zero-order valence-electron chi connectivity index (χ0n) is 10.0. The second-order valence-corrected chi connectivity index (χ2v) is 4.79. The molecular formula is C13H17NO4. The summed E-state index contributed by atoms with van der Waals surface area (Å²) in [7, 11) is 0. The number of phenolic OH excluding ortho intramolecular Hbond substituents is 2. The predicted molar refractivity (Wildman–Crippen MR) is 65.5 cm³/mol. The van der Waals surface area contributed by atoms with Crippen molar-refractivity contribution in [1.29, 1.82) is 0 Å². The van der Waals surface area contributed by atoms with Gasteiger partial charge in [0.05, 0.1) is 11.2 Å². The van der Waals surface area contributed by atoms with Crippen molar-refractivity contribution < 1.29 is 20.1 Å². The highest BCUT2D eigenvalue weighted by Gasteiger charge is 2.31. The Morgan fingerprint density at radius 1 is 1.28 bits per heavy atom. The number of aliphatic hydroxyl groups is 1. The fourth-order valence-electron chi connectivity index (χ4n) is 2.26. The molecule has 0 radical (unpaired) electrons. The van der Waals surface area contributed by atoms with Crippen LogP contribution in [0.4, 0.5) is 0 Å². The van der Waals surface area contributed by atoms with Gasteiger partial charge in [-0.05, 0) is 25.0 Å². The molecule has 1 aliphatic carbocycles. The van der Waals surface area contributed by atoms with Gasteiger partial charge in [-0.2, -0.15) is 0 Å². The monoisotopic (exact) mass is 251 g/mol. The van der Waals surface area contributed by atoms with Gasteiger partial charge in [0.15, 0.2) is 11.5 Å². The summed E-state index contributed by atoms with van der Waals surface area (Å²) in [6.45, 7) is 0.168. The van der Waals surface area contributed by atoms with E-state index in [2.05, 4.69) is 5.32 Å². The summed E-state index contributed by atoms with van der Waals surface area (Å²) in [5.74, 6) is -1.26. The summed E-state index contributed by atoms with van der Waals surface area (Å²) >= 11 is 0. The van der Waals surface area contributed by atoms with Crippen molar-refractivity contribution in [1.82, 2.24) is 5.32 Å². The average molecular weight is 251 g/mol. The van der Waals surface area contributed by atoms with Gasteiger partial charge in [0.25, 0.3) is 5.91 Å². The summed E-state index contributed by atoms with van der Waals surface area (Å²) in [5.41, 5.74) is -0.821. The van der Waals surface area contributed by atoms with E-state index in [9.17, 15) is 20.1 Å². The van der Waals surface area contributed by atoms with Gasteiger partial charge in [-0.25, -0.2) is 0 Å². The molecule has 18 heavy (non-hydrogen) atoms. The molecule has 2 rings (SSSR count). The average Bonchev–Trinajstić information content (AvgIpc) is 2.77. The number of rotatable bonds is 3. The van der Waals surface area contributed by atoms with Crippen LogP contribution in [-0.2, 0) is 0 Å². The molecule has 0 aromatic heterocycles. The van der Waals surface area contributed by atoms with E-state index >= 15 is 0 Å². The highest BCUT2D eigenvalue weighted by Crippen LogP contribution is 2.30. The number of carbonyl (C=O) groups excluding carboxylic acids is 1. The Balaban J connectivity index is 2.01. The van der Waals surface area contributed by atoms with Crippen molar-refractivity contribution in [3.05, 3.63) is 23.8 Å². The van der Waals surface area contributed by atoms with Crippen LogP contribution >= 0.6 is 0 Å². The first-order valence-corrected chi connectivity index (χ1v) is 6.03. The first-order valence-electron chi connectivity index (χ1n) is 6.03. The molecule has 1 fully saturated rings. The van der Waals surface area contributed by atoms with Gasteiger partial charge < -0.3 is 20.6 Å². The molecule has 0 heterocycles. The molecule has 1 aromatic rings. The Labute approximate surface area is 105 Å². The molecule has 1 amide bonds. The number of para-hydroxylation sites is 1. The Bertz CT molecular complexity index is 452. The van der Waals surface area contributed by atoms with E-state index in [1.54, 1.807) is 0 Å². The van der Waals surface area contributed by atoms with Crippen molar-refractivity contribution in [2.24, 2.45) is 0 Å². The molecule has 5 heteroatoms. The molecule has 0 spiro atoms. The largest absolute Gasteiger partial charge is 0.504 e. The van der Waals surface area contributed by atoms with Crippen LogP contribution in [0.3, 0.4) is 0 Å². The van der Waals surface area contributed by atoms with Crippen LogP contribution in [0.1, 0.15) is 36.0 Å². The molecule has 0 saturated heterocycles. The molecule has 0 atom stereocenters. The lowest BCUT2D eigenvalue weighted by atomic mass is 10.0. The number of amides is 1. The molecule has 1 aliphatic rings. The zero-order valence-corrected chi connectivity index (χ0v) is 10.0. The number of phenols is 2. The minimum absolute atomic E-state index is 0.0107. The Morgan fingerprint density at radius 2 is 1.94 bits per heavy atom. The van der Waals surface area contributed by atoms with E-state index in [0.717, 1.165) is 12.8 Å². The molecule has 4 N–H and O–H groups in total. The van der Waals surface area contributed by atoms with Gasteiger partial charge in [0, 0.05) is 6.54 Å². The smallest absolute Gasteiger partial charge is 0.255 e. The van der Waals surface area contributed by atoms with E-state index in [1.807, 2.05) is 0 Å². The van der Waals surface area contributed by atoms with Crippen LogP contribution in [0, 0.1) is 0 Å². The minimum Gasteiger partial charge on any atom is -0.504 e. The van der Waals surface area contributed by atoms with Gasteiger partial charge in [0.2, 0.25) is 0 Å². The third-order valence-electron chi connectivity index (χ3n) is 3.37. The van der Waals surface area contributed by atoms with Gasteiger partial charge in [0.1, 0.15) is 0 Å².